The minimum Gasteiger partial charge on any atom is -0.386 e. The van der Waals surface area contributed by atoms with E-state index < -0.39 is 45.2 Å². The second kappa shape index (κ2) is 7.93. The second-order valence-corrected chi connectivity index (χ2v) is 8.27. The van der Waals surface area contributed by atoms with Crippen molar-refractivity contribution in [1.29, 1.82) is 0 Å². The number of carbonyl (C=O) groups is 2. The van der Waals surface area contributed by atoms with Crippen LogP contribution in [0.2, 0.25) is 5.02 Å². The van der Waals surface area contributed by atoms with Crippen LogP contribution in [0.5, 0.6) is 0 Å². The van der Waals surface area contributed by atoms with E-state index in [1.165, 1.54) is 25.2 Å². The van der Waals surface area contributed by atoms with Gasteiger partial charge >= 0.3 is 0 Å². The van der Waals surface area contributed by atoms with Gasteiger partial charge in [0.2, 0.25) is 5.91 Å². The van der Waals surface area contributed by atoms with E-state index in [0.29, 0.717) is 6.42 Å². The topological polar surface area (TPSA) is 70.2 Å². The Hall–Kier alpha value is -2.16. The highest BCUT2D eigenvalue weighted by Gasteiger charge is 2.56. The summed E-state index contributed by atoms with van der Waals surface area (Å²) in [6.45, 7) is 0. The monoisotopic (exact) mass is 465 g/mol. The van der Waals surface area contributed by atoms with E-state index >= 15 is 0 Å². The van der Waals surface area contributed by atoms with Crippen molar-refractivity contribution in [2.45, 2.75) is 10.8 Å². The summed E-state index contributed by atoms with van der Waals surface area (Å²) in [4.78, 5) is 24.6. The first-order valence-corrected chi connectivity index (χ1v) is 9.33. The maximum atomic E-state index is 14.0. The molecule has 0 bridgehead atoms. The number of carbonyl (C=O) groups excluding carboxylic acids is 2. The van der Waals surface area contributed by atoms with Gasteiger partial charge in [-0.3, -0.25) is 9.59 Å². The van der Waals surface area contributed by atoms with Gasteiger partial charge in [-0.25, -0.2) is 13.2 Å². The molecule has 0 radical (unpaired) electrons. The molecule has 0 unspecified atom stereocenters. The number of hydrogen-bond acceptors (Lipinski definition) is 3. The van der Waals surface area contributed by atoms with Crippen LogP contribution in [0.4, 0.5) is 30.2 Å². The third kappa shape index (κ3) is 4.39. The number of alkyl halides is 2. The van der Waals surface area contributed by atoms with Crippen molar-refractivity contribution in [3.05, 3.63) is 52.3 Å². The van der Waals surface area contributed by atoms with Gasteiger partial charge < -0.3 is 16.0 Å². The molecule has 0 spiro atoms. The number of rotatable bonds is 5. The fourth-order valence-electron chi connectivity index (χ4n) is 2.57. The molecule has 1 atom stereocenters. The zero-order valence-corrected chi connectivity index (χ0v) is 16.9. The molecule has 0 saturated heterocycles. The summed E-state index contributed by atoms with van der Waals surface area (Å²) in [5.74, 6) is -6.64. The van der Waals surface area contributed by atoms with Crippen molar-refractivity contribution < 1.29 is 22.8 Å². The van der Waals surface area contributed by atoms with Crippen LogP contribution in [0.3, 0.4) is 0 Å². The predicted molar refractivity (Wildman–Crippen MR) is 106 cm³/mol. The maximum Gasteiger partial charge on any atom is 0.257 e. The van der Waals surface area contributed by atoms with Crippen molar-refractivity contribution in [2.75, 3.05) is 23.0 Å². The quantitative estimate of drug-likeness (QED) is 0.420. The van der Waals surface area contributed by atoms with E-state index in [-0.39, 0.29) is 22.0 Å². The Morgan fingerprint density at radius 3 is 2.24 bits per heavy atom. The summed E-state index contributed by atoms with van der Waals surface area (Å²) < 4.78 is 40.2. The number of benzene rings is 2. The predicted octanol–water partition coefficient (Wildman–Crippen LogP) is 5.18. The zero-order valence-electron chi connectivity index (χ0n) is 14.7. The number of anilines is 3. The minimum absolute atomic E-state index is 0.00668. The van der Waals surface area contributed by atoms with Gasteiger partial charge in [0.25, 0.3) is 5.91 Å². The average Bonchev–Trinajstić information content (AvgIpc) is 3.32. The van der Waals surface area contributed by atoms with Gasteiger partial charge in [-0.05, 0) is 30.7 Å². The molecule has 0 aliphatic heterocycles. The van der Waals surface area contributed by atoms with Crippen LogP contribution in [0.25, 0.3) is 0 Å². The van der Waals surface area contributed by atoms with Gasteiger partial charge in [-0.15, -0.1) is 23.2 Å². The molecule has 2 aromatic carbocycles. The summed E-state index contributed by atoms with van der Waals surface area (Å²) in [6, 6.07) is 4.94. The fraction of sp³-hybridized carbons (Fsp3) is 0.222. The van der Waals surface area contributed by atoms with Crippen LogP contribution in [0.1, 0.15) is 16.8 Å². The van der Waals surface area contributed by atoms with E-state index in [1.54, 1.807) is 0 Å². The van der Waals surface area contributed by atoms with Crippen LogP contribution in [0, 0.1) is 23.4 Å². The molecule has 11 heteroatoms. The normalized spacial score (nSPS) is 16.9. The Kier molecular flexibility index (Phi) is 5.89. The van der Waals surface area contributed by atoms with Crippen LogP contribution >= 0.6 is 34.8 Å². The molecule has 3 N–H and O–H groups in total. The molecule has 1 aliphatic rings. The molecule has 2 amide bonds. The number of hydrogen-bond donors (Lipinski definition) is 3. The molecule has 5 nitrogen and oxygen atoms in total. The third-order valence-electron chi connectivity index (χ3n) is 4.29. The molecular formula is C18H13Cl3F3N3O2. The summed E-state index contributed by atoms with van der Waals surface area (Å²) in [5, 5.41) is 7.04. The molecule has 0 aromatic heterocycles. The first-order valence-electron chi connectivity index (χ1n) is 8.20. The summed E-state index contributed by atoms with van der Waals surface area (Å²) in [7, 11) is 1.31. The van der Waals surface area contributed by atoms with Crippen molar-refractivity contribution in [1.82, 2.24) is 0 Å². The lowest BCUT2D eigenvalue weighted by atomic mass is 10.1. The van der Waals surface area contributed by atoms with E-state index in [4.69, 9.17) is 34.8 Å². The SMILES string of the molecule is CNc1cc(NC(=O)c2cc(NC(=O)[C@H]3CC3(Cl)Cl)ccc2Cl)c(F)c(F)c1F. The van der Waals surface area contributed by atoms with Gasteiger partial charge in [-0.2, -0.15) is 0 Å². The number of nitrogens with one attached hydrogen (secondary N) is 3. The van der Waals surface area contributed by atoms with E-state index in [2.05, 4.69) is 16.0 Å². The van der Waals surface area contributed by atoms with Crippen LogP contribution in [0.15, 0.2) is 24.3 Å². The Bertz CT molecular complexity index is 1020. The van der Waals surface area contributed by atoms with Crippen molar-refractivity contribution in [3.63, 3.8) is 0 Å². The highest BCUT2D eigenvalue weighted by molar-refractivity contribution is 6.52. The van der Waals surface area contributed by atoms with Gasteiger partial charge in [-0.1, -0.05) is 11.6 Å². The molecule has 154 valence electrons. The number of halogens is 6. The molecule has 29 heavy (non-hydrogen) atoms. The first kappa shape index (κ1) is 21.5. The molecular weight excluding hydrogens is 454 g/mol. The Balaban J connectivity index is 1.83. The van der Waals surface area contributed by atoms with E-state index in [1.807, 2.05) is 0 Å². The summed E-state index contributed by atoms with van der Waals surface area (Å²) >= 11 is 17.7. The van der Waals surface area contributed by atoms with Crippen molar-refractivity contribution in [2.24, 2.45) is 5.92 Å². The lowest BCUT2D eigenvalue weighted by Crippen LogP contribution is -2.18. The lowest BCUT2D eigenvalue weighted by Gasteiger charge is -2.13. The highest BCUT2D eigenvalue weighted by Crippen LogP contribution is 2.53. The second-order valence-electron chi connectivity index (χ2n) is 6.32. The Labute approximate surface area is 178 Å². The van der Waals surface area contributed by atoms with Gasteiger partial charge in [0.05, 0.1) is 27.9 Å². The maximum absolute atomic E-state index is 14.0. The first-order chi connectivity index (χ1) is 13.5. The van der Waals surface area contributed by atoms with Gasteiger partial charge in [0.15, 0.2) is 17.5 Å². The molecule has 2 aromatic rings. The van der Waals surface area contributed by atoms with Crippen molar-refractivity contribution in [3.8, 4) is 0 Å². The lowest BCUT2D eigenvalue weighted by molar-refractivity contribution is -0.117. The molecule has 1 aliphatic carbocycles. The van der Waals surface area contributed by atoms with Crippen molar-refractivity contribution >= 4 is 63.7 Å². The van der Waals surface area contributed by atoms with E-state index in [9.17, 15) is 22.8 Å². The van der Waals surface area contributed by atoms with Crippen LogP contribution in [-0.4, -0.2) is 23.2 Å². The summed E-state index contributed by atoms with van der Waals surface area (Å²) in [6.07, 6.45) is 0.298. The standard InChI is InChI=1S/C18H13Cl3F3N3O2/c1-25-11-5-12(14(23)15(24)13(11)22)27-16(28)8-4-7(2-3-10(8)19)26-17(29)9-6-18(9,20)21/h2-5,9,25H,6H2,1H3,(H,26,29)(H,27,28)/t9-/m1/s1. The summed E-state index contributed by atoms with van der Waals surface area (Å²) in [5.41, 5.74) is -0.835. The van der Waals surface area contributed by atoms with E-state index in [0.717, 1.165) is 6.07 Å². The van der Waals surface area contributed by atoms with Gasteiger partial charge in [0.1, 0.15) is 4.33 Å². The fourth-order valence-corrected chi connectivity index (χ4v) is 3.28. The molecule has 3 rings (SSSR count). The largest absolute Gasteiger partial charge is 0.386 e. The van der Waals surface area contributed by atoms with Crippen LogP contribution < -0.4 is 16.0 Å². The Morgan fingerprint density at radius 1 is 1.03 bits per heavy atom. The Morgan fingerprint density at radius 2 is 1.66 bits per heavy atom. The molecule has 1 fully saturated rings. The average molecular weight is 467 g/mol. The van der Waals surface area contributed by atoms with Crippen LogP contribution in [-0.2, 0) is 4.79 Å². The minimum atomic E-state index is -1.74. The number of amides is 2. The van der Waals surface area contributed by atoms with Gasteiger partial charge in [0, 0.05) is 12.7 Å². The highest BCUT2D eigenvalue weighted by atomic mass is 35.5. The smallest absolute Gasteiger partial charge is 0.257 e. The third-order valence-corrected chi connectivity index (χ3v) is 5.45. The molecule has 1 saturated carbocycles. The zero-order chi connectivity index (χ0) is 21.5. The molecule has 0 heterocycles.